The van der Waals surface area contributed by atoms with E-state index in [1.807, 2.05) is 13.8 Å². The summed E-state index contributed by atoms with van der Waals surface area (Å²) in [5.41, 5.74) is 8.83. The lowest BCUT2D eigenvalue weighted by atomic mass is 10.1. The minimum absolute atomic E-state index is 0.198. The molecule has 0 amide bonds. The van der Waals surface area contributed by atoms with Crippen molar-refractivity contribution in [3.05, 3.63) is 58.9 Å². The molecular formula is C22H26ClN5O3S. The number of aryl methyl sites for hydroxylation is 2. The molecule has 0 saturated carbocycles. The second-order valence-electron chi connectivity index (χ2n) is 7.15. The molecule has 0 atom stereocenters. The zero-order valence-corrected chi connectivity index (χ0v) is 20.0. The van der Waals surface area contributed by atoms with Crippen LogP contribution < -0.4 is 15.8 Å². The van der Waals surface area contributed by atoms with Gasteiger partial charge in [0.15, 0.2) is 5.82 Å². The maximum atomic E-state index is 12.6. The summed E-state index contributed by atoms with van der Waals surface area (Å²) in [6, 6.07) is 10.0. The molecule has 3 aromatic rings. The maximum Gasteiger partial charge on any atom is 0.248 e. The van der Waals surface area contributed by atoms with Gasteiger partial charge in [-0.25, -0.2) is 13.4 Å². The Bertz CT molecular complexity index is 1190. The number of halogens is 1. The molecule has 0 fully saturated rings. The number of hydrogen-bond donors (Lipinski definition) is 2. The normalized spacial score (nSPS) is 11.6. The first-order valence-electron chi connectivity index (χ1n) is 10.1. The summed E-state index contributed by atoms with van der Waals surface area (Å²) in [6.07, 6.45) is 1.34. The van der Waals surface area contributed by atoms with E-state index in [4.69, 9.17) is 22.1 Å². The molecular weight excluding hydrogens is 450 g/mol. The third-order valence-corrected chi connectivity index (χ3v) is 7.59. The highest BCUT2D eigenvalue weighted by Crippen LogP contribution is 2.33. The monoisotopic (exact) mass is 475 g/mol. The third kappa shape index (κ3) is 4.95. The SMILES string of the molecule is CCN(CC)S(=O)(=O)c1ccc(Nc2ncnc(Oc3cc(C)c(Cl)c(C)c3)c2N)cc1. The molecule has 170 valence electrons. The first-order chi connectivity index (χ1) is 15.2. The molecule has 3 N–H and O–H groups in total. The summed E-state index contributed by atoms with van der Waals surface area (Å²) in [7, 11) is -3.52. The predicted octanol–water partition coefficient (Wildman–Crippen LogP) is 4.90. The molecule has 8 nitrogen and oxygen atoms in total. The van der Waals surface area contributed by atoms with Gasteiger partial charge in [0.2, 0.25) is 15.9 Å². The lowest BCUT2D eigenvalue weighted by Gasteiger charge is -2.18. The van der Waals surface area contributed by atoms with Gasteiger partial charge in [0.05, 0.1) is 4.90 Å². The van der Waals surface area contributed by atoms with Crippen LogP contribution in [0.25, 0.3) is 0 Å². The lowest BCUT2D eigenvalue weighted by molar-refractivity contribution is 0.445. The van der Waals surface area contributed by atoms with Gasteiger partial charge >= 0.3 is 0 Å². The fraction of sp³-hybridized carbons (Fsp3) is 0.273. The summed E-state index contributed by atoms with van der Waals surface area (Å²) in [5, 5.41) is 3.76. The molecule has 0 aliphatic heterocycles. The van der Waals surface area contributed by atoms with Crippen LogP contribution in [0.3, 0.4) is 0 Å². The number of hydrogen-bond acceptors (Lipinski definition) is 7. The molecule has 0 aliphatic carbocycles. The van der Waals surface area contributed by atoms with Crippen LogP contribution in [0.1, 0.15) is 25.0 Å². The van der Waals surface area contributed by atoms with E-state index in [2.05, 4.69) is 15.3 Å². The Morgan fingerprint density at radius 2 is 1.66 bits per heavy atom. The number of rotatable bonds is 8. The highest BCUT2D eigenvalue weighted by Gasteiger charge is 2.21. The number of sulfonamides is 1. The van der Waals surface area contributed by atoms with Crippen molar-refractivity contribution in [2.24, 2.45) is 0 Å². The van der Waals surface area contributed by atoms with E-state index in [0.29, 0.717) is 35.4 Å². The zero-order valence-electron chi connectivity index (χ0n) is 18.4. The van der Waals surface area contributed by atoms with Crippen LogP contribution in [-0.2, 0) is 10.0 Å². The van der Waals surface area contributed by atoms with Crippen molar-refractivity contribution in [2.45, 2.75) is 32.6 Å². The Balaban J connectivity index is 1.82. The van der Waals surface area contributed by atoms with Crippen LogP contribution in [-0.4, -0.2) is 35.8 Å². The molecule has 1 aromatic heterocycles. The van der Waals surface area contributed by atoms with Gasteiger partial charge in [-0.05, 0) is 61.4 Å². The van der Waals surface area contributed by atoms with E-state index in [9.17, 15) is 8.42 Å². The predicted molar refractivity (Wildman–Crippen MR) is 127 cm³/mol. The molecule has 3 rings (SSSR count). The fourth-order valence-corrected chi connectivity index (χ4v) is 4.76. The molecule has 0 aliphatic rings. The number of aromatic nitrogens is 2. The molecule has 0 spiro atoms. The third-order valence-electron chi connectivity index (χ3n) is 4.93. The van der Waals surface area contributed by atoms with Crippen molar-refractivity contribution in [3.63, 3.8) is 0 Å². The summed E-state index contributed by atoms with van der Waals surface area (Å²) in [6.45, 7) is 8.21. The highest BCUT2D eigenvalue weighted by molar-refractivity contribution is 7.89. The van der Waals surface area contributed by atoms with Crippen LogP contribution >= 0.6 is 11.6 Å². The van der Waals surface area contributed by atoms with Crippen LogP contribution in [0.2, 0.25) is 5.02 Å². The maximum absolute atomic E-state index is 12.6. The molecule has 0 saturated heterocycles. The van der Waals surface area contributed by atoms with Gasteiger partial charge in [-0.15, -0.1) is 0 Å². The number of nitrogens with two attached hydrogens (primary N) is 1. The van der Waals surface area contributed by atoms with Gasteiger partial charge in [0.25, 0.3) is 0 Å². The lowest BCUT2D eigenvalue weighted by Crippen LogP contribution is -2.30. The average molecular weight is 476 g/mol. The van der Waals surface area contributed by atoms with E-state index < -0.39 is 10.0 Å². The zero-order chi connectivity index (χ0) is 23.5. The van der Waals surface area contributed by atoms with Gasteiger partial charge in [-0.1, -0.05) is 25.4 Å². The largest absolute Gasteiger partial charge is 0.437 e. The van der Waals surface area contributed by atoms with Gasteiger partial charge in [0.1, 0.15) is 17.8 Å². The number of ether oxygens (including phenoxy) is 1. The Labute approximate surface area is 193 Å². The minimum atomic E-state index is -3.52. The molecule has 0 radical (unpaired) electrons. The van der Waals surface area contributed by atoms with Crippen molar-refractivity contribution in [1.29, 1.82) is 0 Å². The number of nitrogen functional groups attached to an aromatic ring is 1. The van der Waals surface area contributed by atoms with Crippen molar-refractivity contribution in [3.8, 4) is 11.6 Å². The second-order valence-corrected chi connectivity index (χ2v) is 9.47. The Hall–Kier alpha value is -2.88. The van der Waals surface area contributed by atoms with Crippen molar-refractivity contribution in [1.82, 2.24) is 14.3 Å². The molecule has 1 heterocycles. The van der Waals surface area contributed by atoms with E-state index >= 15 is 0 Å². The molecule has 2 aromatic carbocycles. The topological polar surface area (TPSA) is 110 Å². The molecule has 0 unspecified atom stereocenters. The first-order valence-corrected chi connectivity index (χ1v) is 11.9. The van der Waals surface area contributed by atoms with Crippen LogP contribution in [0, 0.1) is 13.8 Å². The van der Waals surface area contributed by atoms with Crippen molar-refractivity contribution < 1.29 is 13.2 Å². The molecule has 0 bridgehead atoms. The molecule has 32 heavy (non-hydrogen) atoms. The first kappa shape index (κ1) is 23.8. The fourth-order valence-electron chi connectivity index (χ4n) is 3.20. The highest BCUT2D eigenvalue weighted by atomic mass is 35.5. The number of benzene rings is 2. The van der Waals surface area contributed by atoms with Gasteiger partial charge in [-0.2, -0.15) is 9.29 Å². The van der Waals surface area contributed by atoms with Gasteiger partial charge < -0.3 is 15.8 Å². The van der Waals surface area contributed by atoms with Gasteiger partial charge in [0, 0.05) is 23.8 Å². The smallest absolute Gasteiger partial charge is 0.248 e. The Morgan fingerprint density at radius 1 is 1.06 bits per heavy atom. The minimum Gasteiger partial charge on any atom is -0.437 e. The van der Waals surface area contributed by atoms with Crippen molar-refractivity contribution >= 4 is 38.8 Å². The second kappa shape index (κ2) is 9.72. The summed E-state index contributed by atoms with van der Waals surface area (Å²) in [5.74, 6) is 1.10. The van der Waals surface area contributed by atoms with E-state index in [0.717, 1.165) is 11.1 Å². The van der Waals surface area contributed by atoms with Gasteiger partial charge in [-0.3, -0.25) is 0 Å². The van der Waals surface area contributed by atoms with E-state index in [-0.39, 0.29) is 16.5 Å². The number of anilines is 3. The standard InChI is InChI=1S/C22H26ClN5O3S/c1-5-28(6-2)32(29,30)18-9-7-16(8-10-18)27-21-20(24)22(26-13-25-21)31-17-11-14(3)19(23)15(4)12-17/h7-13H,5-6,24H2,1-4H3,(H,25,26,27). The summed E-state index contributed by atoms with van der Waals surface area (Å²) >= 11 is 6.22. The number of nitrogens with zero attached hydrogens (tertiary/aromatic N) is 3. The van der Waals surface area contributed by atoms with Crippen LogP contribution in [0.15, 0.2) is 47.6 Å². The van der Waals surface area contributed by atoms with E-state index in [1.165, 1.54) is 10.6 Å². The number of nitrogens with one attached hydrogen (secondary N) is 1. The van der Waals surface area contributed by atoms with E-state index in [1.54, 1.807) is 50.2 Å². The average Bonchev–Trinajstić information content (AvgIpc) is 2.76. The molecule has 10 heteroatoms. The summed E-state index contributed by atoms with van der Waals surface area (Å²) < 4.78 is 32.6. The van der Waals surface area contributed by atoms with Crippen LogP contribution in [0.4, 0.5) is 17.2 Å². The van der Waals surface area contributed by atoms with Crippen LogP contribution in [0.5, 0.6) is 11.6 Å². The van der Waals surface area contributed by atoms with Crippen molar-refractivity contribution in [2.75, 3.05) is 24.1 Å². The summed E-state index contributed by atoms with van der Waals surface area (Å²) in [4.78, 5) is 8.52. The Kier molecular flexibility index (Phi) is 7.22. The Morgan fingerprint density at radius 3 is 2.22 bits per heavy atom. The quantitative estimate of drug-likeness (QED) is 0.476.